The van der Waals surface area contributed by atoms with Crippen LogP contribution in [0.1, 0.15) is 26.7 Å². The first kappa shape index (κ1) is 12.3. The van der Waals surface area contributed by atoms with Crippen LogP contribution in [0.25, 0.3) is 10.9 Å². The maximum Gasteiger partial charge on any atom is 0.149 e. The molecule has 0 atom stereocenters. The molecular weight excluding hydrogens is 235 g/mol. The van der Waals surface area contributed by atoms with E-state index in [1.165, 1.54) is 12.4 Å². The van der Waals surface area contributed by atoms with Gasteiger partial charge in [0.25, 0.3) is 0 Å². The van der Waals surface area contributed by atoms with Crippen molar-refractivity contribution in [1.82, 2.24) is 9.97 Å². The highest BCUT2D eigenvalue weighted by Crippen LogP contribution is 2.31. The molecule has 0 aliphatic rings. The summed E-state index contributed by atoms with van der Waals surface area (Å²) in [6, 6.07) is 5.02. The molecule has 17 heavy (non-hydrogen) atoms. The van der Waals surface area contributed by atoms with Gasteiger partial charge in [-0.25, -0.2) is 14.4 Å². The molecule has 1 heterocycles. The Morgan fingerprint density at radius 2 is 2.00 bits per heavy atom. The van der Waals surface area contributed by atoms with Crippen LogP contribution in [0.2, 0.25) is 0 Å². The minimum atomic E-state index is -0.281. The number of hydrogen-bond donors (Lipinski definition) is 0. The normalized spacial score (nSPS) is 11.3. The number of benzene rings is 1. The average molecular weight is 250 g/mol. The zero-order valence-corrected chi connectivity index (χ0v) is 10.8. The summed E-state index contributed by atoms with van der Waals surface area (Å²) < 4.78 is 13.6. The quantitative estimate of drug-likeness (QED) is 0.604. The lowest BCUT2D eigenvalue weighted by Crippen LogP contribution is -1.99. The van der Waals surface area contributed by atoms with Gasteiger partial charge in [-0.1, -0.05) is 19.9 Å². The fourth-order valence-electron chi connectivity index (χ4n) is 1.73. The third-order valence-electron chi connectivity index (χ3n) is 2.77. The van der Waals surface area contributed by atoms with E-state index in [1.54, 1.807) is 17.8 Å². The minimum absolute atomic E-state index is 0.281. The van der Waals surface area contributed by atoms with Gasteiger partial charge in [-0.05, 0) is 25.0 Å². The van der Waals surface area contributed by atoms with Crippen LogP contribution in [-0.4, -0.2) is 15.2 Å². The fraction of sp³-hybridized carbons (Fsp3) is 0.385. The van der Waals surface area contributed by atoms with E-state index in [0.29, 0.717) is 10.8 Å². The van der Waals surface area contributed by atoms with Crippen molar-refractivity contribution in [3.63, 3.8) is 0 Å². The molecular formula is C13H15FN2S. The first-order valence-corrected chi connectivity index (χ1v) is 6.70. The smallest absolute Gasteiger partial charge is 0.149 e. The van der Waals surface area contributed by atoms with Crippen molar-refractivity contribution in [3.05, 3.63) is 30.3 Å². The van der Waals surface area contributed by atoms with E-state index < -0.39 is 0 Å². The number of para-hydroxylation sites is 1. The van der Waals surface area contributed by atoms with E-state index in [2.05, 4.69) is 23.8 Å². The van der Waals surface area contributed by atoms with Crippen LogP contribution in [0.5, 0.6) is 0 Å². The Morgan fingerprint density at radius 3 is 2.71 bits per heavy atom. The predicted molar refractivity (Wildman–Crippen MR) is 69.7 cm³/mol. The molecule has 0 amide bonds. The van der Waals surface area contributed by atoms with Gasteiger partial charge in [0, 0.05) is 10.6 Å². The Balaban J connectivity index is 2.44. The molecule has 0 saturated heterocycles. The van der Waals surface area contributed by atoms with Crippen LogP contribution >= 0.6 is 11.8 Å². The molecule has 0 N–H and O–H groups in total. The van der Waals surface area contributed by atoms with E-state index >= 15 is 0 Å². The molecule has 0 aliphatic heterocycles. The molecule has 0 aliphatic carbocycles. The van der Waals surface area contributed by atoms with E-state index in [0.717, 1.165) is 23.3 Å². The fourth-order valence-corrected chi connectivity index (χ4v) is 2.78. The first-order valence-electron chi connectivity index (χ1n) is 5.82. The molecule has 2 rings (SSSR count). The van der Waals surface area contributed by atoms with Gasteiger partial charge in [-0.3, -0.25) is 0 Å². The van der Waals surface area contributed by atoms with Gasteiger partial charge >= 0.3 is 0 Å². The second-order valence-corrected chi connectivity index (χ2v) is 5.16. The zero-order chi connectivity index (χ0) is 12.3. The lowest BCUT2D eigenvalue weighted by atomic mass is 10.2. The number of hydrogen-bond acceptors (Lipinski definition) is 3. The van der Waals surface area contributed by atoms with Crippen LogP contribution in [-0.2, 0) is 0 Å². The van der Waals surface area contributed by atoms with E-state index in [1.807, 2.05) is 6.07 Å². The molecule has 1 aromatic heterocycles. The summed E-state index contributed by atoms with van der Waals surface area (Å²) >= 11 is 1.71. The number of thioether (sulfide) groups is 1. The summed E-state index contributed by atoms with van der Waals surface area (Å²) in [5.41, 5.74) is 0.413. The minimum Gasteiger partial charge on any atom is -0.233 e. The summed E-state index contributed by atoms with van der Waals surface area (Å²) in [6.07, 6.45) is 3.61. The molecule has 2 nitrogen and oxygen atoms in total. The van der Waals surface area contributed by atoms with Gasteiger partial charge in [0.05, 0.1) is 0 Å². The van der Waals surface area contributed by atoms with Crippen LogP contribution in [0.15, 0.2) is 29.6 Å². The third kappa shape index (κ3) is 2.57. The van der Waals surface area contributed by atoms with Gasteiger partial charge in [-0.15, -0.1) is 11.8 Å². The van der Waals surface area contributed by atoms with Gasteiger partial charge in [-0.2, -0.15) is 0 Å². The standard InChI is InChI=1S/C13H15FN2S/c1-3-9(4-2)17-13-10-6-5-7-11(14)12(10)15-8-16-13/h5-9H,3-4H2,1-2H3. The number of fused-ring (bicyclic) bond motifs is 1. The Morgan fingerprint density at radius 1 is 1.24 bits per heavy atom. The summed E-state index contributed by atoms with van der Waals surface area (Å²) in [4.78, 5) is 8.27. The molecule has 90 valence electrons. The molecule has 0 radical (unpaired) electrons. The van der Waals surface area contributed by atoms with Gasteiger partial charge in [0.1, 0.15) is 22.7 Å². The van der Waals surface area contributed by atoms with Crippen molar-refractivity contribution in [2.24, 2.45) is 0 Å². The molecule has 1 aromatic carbocycles. The first-order chi connectivity index (χ1) is 8.26. The number of nitrogens with zero attached hydrogens (tertiary/aromatic N) is 2. The van der Waals surface area contributed by atoms with Gasteiger partial charge in [0.2, 0.25) is 0 Å². The Hall–Kier alpha value is -1.16. The molecule has 4 heteroatoms. The van der Waals surface area contributed by atoms with E-state index in [4.69, 9.17) is 0 Å². The highest BCUT2D eigenvalue weighted by Gasteiger charge is 2.11. The Labute approximate surface area is 105 Å². The van der Waals surface area contributed by atoms with Crippen molar-refractivity contribution in [2.75, 3.05) is 0 Å². The van der Waals surface area contributed by atoms with Crippen LogP contribution in [0.3, 0.4) is 0 Å². The number of aromatic nitrogens is 2. The maximum absolute atomic E-state index is 13.6. The lowest BCUT2D eigenvalue weighted by molar-refractivity contribution is 0.636. The Bertz CT molecular complexity index is 512. The lowest BCUT2D eigenvalue weighted by Gasteiger charge is -2.12. The molecule has 0 bridgehead atoms. The maximum atomic E-state index is 13.6. The summed E-state index contributed by atoms with van der Waals surface area (Å²) in [6.45, 7) is 4.32. The summed E-state index contributed by atoms with van der Waals surface area (Å²) in [7, 11) is 0. The highest BCUT2D eigenvalue weighted by molar-refractivity contribution is 8.00. The van der Waals surface area contributed by atoms with Crippen LogP contribution in [0, 0.1) is 5.82 Å². The van der Waals surface area contributed by atoms with E-state index in [-0.39, 0.29) is 5.82 Å². The second-order valence-electron chi connectivity index (χ2n) is 3.87. The van der Waals surface area contributed by atoms with Crippen molar-refractivity contribution in [2.45, 2.75) is 37.0 Å². The SMILES string of the molecule is CCC(CC)Sc1ncnc2c(F)cccc12. The van der Waals surface area contributed by atoms with Crippen LogP contribution in [0.4, 0.5) is 4.39 Å². The predicted octanol–water partition coefficient (Wildman–Crippen LogP) is 4.05. The monoisotopic (exact) mass is 250 g/mol. The van der Waals surface area contributed by atoms with Crippen LogP contribution < -0.4 is 0 Å². The number of halogens is 1. The molecule has 0 fully saturated rings. The highest BCUT2D eigenvalue weighted by atomic mass is 32.2. The number of rotatable bonds is 4. The van der Waals surface area contributed by atoms with Crippen molar-refractivity contribution < 1.29 is 4.39 Å². The third-order valence-corrected chi connectivity index (χ3v) is 4.32. The second kappa shape index (κ2) is 5.45. The Kier molecular flexibility index (Phi) is 3.94. The van der Waals surface area contributed by atoms with Crippen molar-refractivity contribution in [3.8, 4) is 0 Å². The zero-order valence-electron chi connectivity index (χ0n) is 9.98. The topological polar surface area (TPSA) is 25.8 Å². The summed E-state index contributed by atoms with van der Waals surface area (Å²) in [5.74, 6) is -0.281. The summed E-state index contributed by atoms with van der Waals surface area (Å²) in [5, 5.41) is 2.21. The largest absolute Gasteiger partial charge is 0.233 e. The molecule has 2 aromatic rings. The van der Waals surface area contributed by atoms with E-state index in [9.17, 15) is 4.39 Å². The van der Waals surface area contributed by atoms with Gasteiger partial charge < -0.3 is 0 Å². The molecule has 0 spiro atoms. The van der Waals surface area contributed by atoms with Gasteiger partial charge in [0.15, 0.2) is 0 Å². The molecule has 0 unspecified atom stereocenters. The molecule has 0 saturated carbocycles. The van der Waals surface area contributed by atoms with Crippen molar-refractivity contribution in [1.29, 1.82) is 0 Å². The van der Waals surface area contributed by atoms with Crippen molar-refractivity contribution >= 4 is 22.7 Å². The average Bonchev–Trinajstić information content (AvgIpc) is 2.37.